The number of aromatic hydroxyl groups is 1. The van der Waals surface area contributed by atoms with Crippen molar-refractivity contribution in [3.63, 3.8) is 0 Å². The number of alkyl halides is 1. The highest BCUT2D eigenvalue weighted by Crippen LogP contribution is 2.08. The van der Waals surface area contributed by atoms with E-state index >= 15 is 0 Å². The van der Waals surface area contributed by atoms with Gasteiger partial charge in [0.2, 0.25) is 0 Å². The van der Waals surface area contributed by atoms with Crippen LogP contribution < -0.4 is 16.8 Å². The molecule has 6 nitrogen and oxygen atoms in total. The van der Waals surface area contributed by atoms with Crippen LogP contribution in [-0.4, -0.2) is 56.7 Å². The molecular weight excluding hydrogens is 318 g/mol. The molecule has 1 aromatic rings. The van der Waals surface area contributed by atoms with E-state index in [-0.39, 0.29) is 0 Å². The third-order valence-electron chi connectivity index (χ3n) is 2.45. The lowest BCUT2D eigenvalue weighted by molar-refractivity contribution is -0.0979. The second kappa shape index (κ2) is 20.8. The second-order valence-electron chi connectivity index (χ2n) is 4.48. The number of ether oxygens (including phenoxy) is 1. The van der Waals surface area contributed by atoms with Gasteiger partial charge in [0.15, 0.2) is 0 Å². The lowest BCUT2D eigenvalue weighted by Crippen LogP contribution is -2.21. The summed E-state index contributed by atoms with van der Waals surface area (Å²) in [4.78, 5) is 8.00. The lowest BCUT2D eigenvalue weighted by atomic mass is 10.3. The van der Waals surface area contributed by atoms with Gasteiger partial charge in [-0.3, -0.25) is 0 Å². The Bertz CT molecular complexity index is 322. The third-order valence-corrected chi connectivity index (χ3v) is 2.79. The van der Waals surface area contributed by atoms with Gasteiger partial charge in [0.25, 0.3) is 0 Å². The average molecular weight is 348 g/mol. The molecule has 1 saturated heterocycles. The number of halogens is 1. The minimum atomic E-state index is 0.322. The predicted molar refractivity (Wildman–Crippen MR) is 95.9 cm³/mol. The summed E-state index contributed by atoms with van der Waals surface area (Å²) in [5.41, 5.74) is 10.6. The van der Waals surface area contributed by atoms with Crippen LogP contribution in [-0.2, 0) is 9.53 Å². The number of nitrogens with two attached hydrogens (primary N) is 2. The van der Waals surface area contributed by atoms with Crippen molar-refractivity contribution >= 4 is 18.4 Å². The normalized spacial score (nSPS) is 14.1. The minimum absolute atomic E-state index is 0.322. The first-order valence-corrected chi connectivity index (χ1v) is 8.09. The number of carbonyl (C=O) groups is 1. The summed E-state index contributed by atoms with van der Waals surface area (Å²) in [6.45, 7) is 6.47. The van der Waals surface area contributed by atoms with Gasteiger partial charge >= 0.3 is 0 Å². The highest BCUT2D eigenvalue weighted by atomic mass is 35.5. The Morgan fingerprint density at radius 2 is 1.65 bits per heavy atom. The Hall–Kier alpha value is -1.18. The van der Waals surface area contributed by atoms with E-state index in [1.54, 1.807) is 24.3 Å². The molecule has 23 heavy (non-hydrogen) atoms. The van der Waals surface area contributed by atoms with E-state index in [1.165, 1.54) is 0 Å². The number of nitrogens with one attached hydrogen (secondary N) is 1. The molecule has 7 heteroatoms. The van der Waals surface area contributed by atoms with Gasteiger partial charge in [-0.05, 0) is 51.2 Å². The van der Waals surface area contributed by atoms with Crippen LogP contribution in [0.25, 0.3) is 0 Å². The zero-order valence-corrected chi connectivity index (χ0v) is 14.4. The van der Waals surface area contributed by atoms with Crippen LogP contribution in [0.1, 0.15) is 12.8 Å². The number of hydrogen-bond acceptors (Lipinski definition) is 6. The van der Waals surface area contributed by atoms with E-state index in [4.69, 9.17) is 37.7 Å². The fourth-order valence-corrected chi connectivity index (χ4v) is 1.34. The highest BCUT2D eigenvalue weighted by molar-refractivity contribution is 6.18. The van der Waals surface area contributed by atoms with Gasteiger partial charge in [-0.25, -0.2) is 0 Å². The van der Waals surface area contributed by atoms with E-state index in [0.717, 1.165) is 45.6 Å². The number of para-hydroxylation sites is 1. The van der Waals surface area contributed by atoms with Crippen LogP contribution in [0.5, 0.6) is 5.75 Å². The Morgan fingerprint density at radius 3 is 1.87 bits per heavy atom. The quantitative estimate of drug-likeness (QED) is 0.334. The summed E-state index contributed by atoms with van der Waals surface area (Å²) in [6, 6.07) is 8.71. The summed E-state index contributed by atoms with van der Waals surface area (Å²) in [7, 11) is 0. The fraction of sp³-hybridized carbons (Fsp3) is 0.562. The lowest BCUT2D eigenvalue weighted by Gasteiger charge is -2.00. The van der Waals surface area contributed by atoms with Crippen molar-refractivity contribution in [3.8, 4) is 5.75 Å². The summed E-state index contributed by atoms with van der Waals surface area (Å²) in [5, 5.41) is 11.9. The van der Waals surface area contributed by atoms with Crippen molar-refractivity contribution in [2.45, 2.75) is 18.9 Å². The number of epoxide rings is 1. The Morgan fingerprint density at radius 1 is 1.17 bits per heavy atom. The van der Waals surface area contributed by atoms with E-state index in [9.17, 15) is 0 Å². The van der Waals surface area contributed by atoms with Gasteiger partial charge in [-0.1, -0.05) is 18.2 Å². The molecule has 1 heterocycles. The molecule has 134 valence electrons. The zero-order chi connectivity index (χ0) is 17.8. The molecule has 0 saturated carbocycles. The number of benzene rings is 1. The molecule has 6 N–H and O–H groups in total. The molecule has 1 fully saturated rings. The van der Waals surface area contributed by atoms with E-state index in [0.29, 0.717) is 17.7 Å². The first-order valence-electron chi connectivity index (χ1n) is 7.55. The minimum Gasteiger partial charge on any atom is -0.508 e. The largest absolute Gasteiger partial charge is 0.508 e. The Kier molecular flexibility index (Phi) is 21.8. The zero-order valence-electron chi connectivity index (χ0n) is 13.6. The average Bonchev–Trinajstić information content (AvgIpc) is 3.43. The Balaban J connectivity index is 0. The number of carbonyl (C=O) groups excluding carboxylic acids is 1. The van der Waals surface area contributed by atoms with Crippen molar-refractivity contribution in [2.75, 3.05) is 38.7 Å². The first-order chi connectivity index (χ1) is 11.2. The predicted octanol–water partition coefficient (Wildman–Crippen LogP) is 1.10. The molecule has 1 aromatic carbocycles. The SMILES string of the molecule is C=O.ClCC1CO1.NCCCNCCCN.Oc1ccccc1. The molecule has 1 unspecified atom stereocenters. The number of phenols is 1. The number of rotatable bonds is 7. The third kappa shape index (κ3) is 23.2. The molecule has 0 spiro atoms. The van der Waals surface area contributed by atoms with Gasteiger partial charge in [0.1, 0.15) is 12.5 Å². The van der Waals surface area contributed by atoms with Gasteiger partial charge < -0.3 is 31.4 Å². The molecule has 0 amide bonds. The number of hydrogen-bond donors (Lipinski definition) is 4. The molecular formula is C16H30ClN3O3. The first kappa shape index (κ1) is 24.1. The van der Waals surface area contributed by atoms with Crippen LogP contribution in [0, 0.1) is 0 Å². The summed E-state index contributed by atoms with van der Waals surface area (Å²) in [6.07, 6.45) is 2.52. The smallest absolute Gasteiger partial charge is 0.115 e. The van der Waals surface area contributed by atoms with Crippen molar-refractivity contribution in [1.82, 2.24) is 5.32 Å². The van der Waals surface area contributed by atoms with Crippen molar-refractivity contribution < 1.29 is 14.6 Å². The van der Waals surface area contributed by atoms with Crippen LogP contribution in [0.4, 0.5) is 0 Å². The standard InChI is InChI=1S/C6H17N3.C6H6O.C3H5ClO.CH2O/c7-3-1-5-9-6-2-4-8;7-6-4-2-1-3-5-6;4-1-3-2-5-3;1-2/h9H,1-8H2;1-5,7H;3H,1-2H2;1H2. The molecule has 0 aromatic heterocycles. The fourth-order valence-electron chi connectivity index (χ4n) is 1.16. The van der Waals surface area contributed by atoms with Gasteiger partial charge in [0, 0.05) is 0 Å². The molecule has 1 atom stereocenters. The van der Waals surface area contributed by atoms with Crippen molar-refractivity contribution in [1.29, 1.82) is 0 Å². The van der Waals surface area contributed by atoms with E-state index in [2.05, 4.69) is 5.32 Å². The maximum absolute atomic E-state index is 8.63. The molecule has 0 radical (unpaired) electrons. The summed E-state index contributed by atoms with van der Waals surface area (Å²) < 4.78 is 4.73. The molecule has 1 aliphatic rings. The molecule has 2 rings (SSSR count). The summed E-state index contributed by atoms with van der Waals surface area (Å²) >= 11 is 5.27. The van der Waals surface area contributed by atoms with Gasteiger partial charge in [-0.2, -0.15) is 0 Å². The van der Waals surface area contributed by atoms with Crippen LogP contribution in [0.2, 0.25) is 0 Å². The van der Waals surface area contributed by atoms with E-state index < -0.39 is 0 Å². The summed E-state index contributed by atoms with van der Waals surface area (Å²) in [5.74, 6) is 0.988. The van der Waals surface area contributed by atoms with Crippen LogP contribution in [0.15, 0.2) is 30.3 Å². The molecule has 0 aliphatic carbocycles. The van der Waals surface area contributed by atoms with Crippen molar-refractivity contribution in [3.05, 3.63) is 30.3 Å². The monoisotopic (exact) mass is 347 g/mol. The Labute approximate surface area is 144 Å². The molecule has 0 bridgehead atoms. The van der Waals surface area contributed by atoms with Gasteiger partial charge in [-0.15, -0.1) is 11.6 Å². The van der Waals surface area contributed by atoms with Crippen LogP contribution in [0.3, 0.4) is 0 Å². The maximum Gasteiger partial charge on any atom is 0.115 e. The highest BCUT2D eigenvalue weighted by Gasteiger charge is 2.19. The van der Waals surface area contributed by atoms with Crippen LogP contribution >= 0.6 is 11.6 Å². The second-order valence-corrected chi connectivity index (χ2v) is 4.79. The molecule has 1 aliphatic heterocycles. The topological polar surface area (TPSA) is 114 Å². The maximum atomic E-state index is 8.63. The number of phenolic OH excluding ortho intramolecular Hbond substituents is 1. The van der Waals surface area contributed by atoms with E-state index in [1.807, 2.05) is 12.9 Å². The van der Waals surface area contributed by atoms with Gasteiger partial charge in [0.05, 0.1) is 18.6 Å². The van der Waals surface area contributed by atoms with Crippen molar-refractivity contribution in [2.24, 2.45) is 11.5 Å².